The van der Waals surface area contributed by atoms with Gasteiger partial charge in [-0.1, -0.05) is 13.8 Å². The summed E-state index contributed by atoms with van der Waals surface area (Å²) in [6, 6.07) is 0. The smallest absolute Gasteiger partial charge is 0.0794 e. The highest BCUT2D eigenvalue weighted by Crippen LogP contribution is 1.97. The topological polar surface area (TPSA) is 104 Å². The third kappa shape index (κ3) is 37.2. The van der Waals surface area contributed by atoms with E-state index in [1.807, 2.05) is 0 Å². The summed E-state index contributed by atoms with van der Waals surface area (Å²) in [5, 5.41) is 6.67. The zero-order valence-electron chi connectivity index (χ0n) is 19.0. The maximum absolute atomic E-state index is 8.52. The second-order valence-corrected chi connectivity index (χ2v) is 8.59. The molecule has 2 N–H and O–H groups in total. The molecule has 0 unspecified atom stereocenters. The molecule has 0 aromatic carbocycles. The lowest BCUT2D eigenvalue weighted by atomic mass is 10.3. The van der Waals surface area contributed by atoms with Crippen molar-refractivity contribution < 1.29 is 26.5 Å². The molecule has 0 aromatic rings. The van der Waals surface area contributed by atoms with Crippen LogP contribution in [0.3, 0.4) is 0 Å². The van der Waals surface area contributed by atoms with Crippen LogP contribution in [0, 0.1) is 0 Å². The molecular weight excluding hydrogens is 368 g/mol. The predicted molar refractivity (Wildman–Crippen MR) is 112 cm³/mol. The standard InChI is InChI=1S/2C9H23N2.H2O4S/c2*1-5-10-8-7-9-11(3,4)6-2;1-5(2,3)4/h2*10H,5-9H2,1-4H3;(H2,1,2,3,4)/q2*+1;/p-2. The first-order chi connectivity index (χ1) is 12.2. The molecule has 0 spiro atoms. The van der Waals surface area contributed by atoms with E-state index in [1.54, 1.807) is 0 Å². The number of hydrogen-bond donors (Lipinski definition) is 2. The molecule has 0 rings (SSSR count). The van der Waals surface area contributed by atoms with Crippen LogP contribution in [0.1, 0.15) is 40.5 Å². The highest BCUT2D eigenvalue weighted by molar-refractivity contribution is 7.79. The summed E-state index contributed by atoms with van der Waals surface area (Å²) in [5.74, 6) is 0. The average Bonchev–Trinajstić information content (AvgIpc) is 2.55. The molecule has 0 aromatic heterocycles. The van der Waals surface area contributed by atoms with E-state index in [0.29, 0.717) is 0 Å². The average molecular weight is 415 g/mol. The summed E-state index contributed by atoms with van der Waals surface area (Å²) in [6.07, 6.45) is 2.57. The van der Waals surface area contributed by atoms with Crippen LogP contribution in [0.25, 0.3) is 0 Å². The number of nitrogens with one attached hydrogen (secondary N) is 2. The molecule has 9 heteroatoms. The van der Waals surface area contributed by atoms with E-state index in [1.165, 1.54) is 39.0 Å². The molecule has 0 aliphatic heterocycles. The summed E-state index contributed by atoms with van der Waals surface area (Å²) in [7, 11) is 3.97. The Balaban J connectivity index is -0.000000344. The van der Waals surface area contributed by atoms with Gasteiger partial charge in [-0.25, -0.2) is 0 Å². The lowest BCUT2D eigenvalue weighted by Gasteiger charge is -2.28. The van der Waals surface area contributed by atoms with Gasteiger partial charge in [0.25, 0.3) is 0 Å². The van der Waals surface area contributed by atoms with E-state index in [9.17, 15) is 0 Å². The Morgan fingerprint density at radius 2 is 0.963 bits per heavy atom. The molecule has 0 aliphatic rings. The molecule has 0 saturated carbocycles. The van der Waals surface area contributed by atoms with Gasteiger partial charge >= 0.3 is 0 Å². The first-order valence-corrected chi connectivity index (χ1v) is 11.3. The minimum Gasteiger partial charge on any atom is -0.759 e. The molecule has 27 heavy (non-hydrogen) atoms. The molecular formula is C18H46N4O4S. The fraction of sp³-hybridized carbons (Fsp3) is 1.00. The Kier molecular flexibility index (Phi) is 20.7. The van der Waals surface area contributed by atoms with Crippen molar-refractivity contribution in [2.45, 2.75) is 40.5 Å². The summed E-state index contributed by atoms with van der Waals surface area (Å²) in [4.78, 5) is 0. The van der Waals surface area contributed by atoms with Crippen molar-refractivity contribution in [3.05, 3.63) is 0 Å². The van der Waals surface area contributed by atoms with Crippen molar-refractivity contribution in [3.63, 3.8) is 0 Å². The van der Waals surface area contributed by atoms with Crippen LogP contribution < -0.4 is 10.6 Å². The van der Waals surface area contributed by atoms with Gasteiger partial charge in [0, 0.05) is 36.3 Å². The lowest BCUT2D eigenvalue weighted by Crippen LogP contribution is -2.41. The minimum atomic E-state index is -5.17. The molecule has 0 bridgehead atoms. The van der Waals surface area contributed by atoms with Crippen LogP contribution in [-0.4, -0.2) is 107 Å². The zero-order valence-corrected chi connectivity index (χ0v) is 19.8. The van der Waals surface area contributed by atoms with Gasteiger partial charge in [0.1, 0.15) is 0 Å². The molecule has 168 valence electrons. The third-order valence-corrected chi connectivity index (χ3v) is 4.45. The van der Waals surface area contributed by atoms with Crippen LogP contribution in [0.4, 0.5) is 0 Å². The van der Waals surface area contributed by atoms with Gasteiger partial charge in [-0.2, -0.15) is 0 Å². The maximum Gasteiger partial charge on any atom is 0.0794 e. The van der Waals surface area contributed by atoms with Gasteiger partial charge < -0.3 is 28.7 Å². The van der Waals surface area contributed by atoms with E-state index in [2.05, 4.69) is 66.5 Å². The fourth-order valence-electron chi connectivity index (χ4n) is 1.93. The van der Waals surface area contributed by atoms with Gasteiger partial charge in [0.05, 0.1) is 54.4 Å². The van der Waals surface area contributed by atoms with Crippen molar-refractivity contribution in [1.82, 2.24) is 10.6 Å². The van der Waals surface area contributed by atoms with Crippen molar-refractivity contribution in [1.29, 1.82) is 0 Å². The molecule has 8 nitrogen and oxygen atoms in total. The molecule has 0 radical (unpaired) electrons. The van der Waals surface area contributed by atoms with Gasteiger partial charge in [0.15, 0.2) is 0 Å². The summed E-state index contributed by atoms with van der Waals surface area (Å²) >= 11 is 0. The van der Waals surface area contributed by atoms with Crippen LogP contribution in [-0.2, 0) is 10.4 Å². The Bertz CT molecular complexity index is 384. The van der Waals surface area contributed by atoms with E-state index < -0.39 is 10.4 Å². The largest absolute Gasteiger partial charge is 0.759 e. The quantitative estimate of drug-likeness (QED) is 0.212. The summed E-state index contributed by atoms with van der Waals surface area (Å²) in [5.41, 5.74) is 0. The summed E-state index contributed by atoms with van der Waals surface area (Å²) < 4.78 is 36.4. The molecule has 0 saturated heterocycles. The molecule has 0 fully saturated rings. The van der Waals surface area contributed by atoms with Crippen molar-refractivity contribution in [2.24, 2.45) is 0 Å². The van der Waals surface area contributed by atoms with Crippen LogP contribution in [0.15, 0.2) is 0 Å². The molecule has 0 atom stereocenters. The number of nitrogens with zero attached hydrogens (tertiary/aromatic N) is 2. The van der Waals surface area contributed by atoms with Crippen molar-refractivity contribution >= 4 is 10.4 Å². The van der Waals surface area contributed by atoms with Crippen LogP contribution in [0.2, 0.25) is 0 Å². The maximum atomic E-state index is 8.52. The first kappa shape index (κ1) is 31.4. The predicted octanol–water partition coefficient (Wildman–Crippen LogP) is 0.827. The van der Waals surface area contributed by atoms with Crippen molar-refractivity contribution in [3.8, 4) is 0 Å². The van der Waals surface area contributed by atoms with Gasteiger partial charge in [-0.3, -0.25) is 8.42 Å². The monoisotopic (exact) mass is 414 g/mol. The first-order valence-electron chi connectivity index (χ1n) is 9.96. The minimum absolute atomic E-state index is 1.10. The Labute approximate surface area is 169 Å². The Hall–Kier alpha value is -0.290. The molecule has 0 amide bonds. The van der Waals surface area contributed by atoms with Crippen LogP contribution in [0.5, 0.6) is 0 Å². The Morgan fingerprint density at radius 3 is 1.15 bits per heavy atom. The highest BCUT2D eigenvalue weighted by atomic mass is 32.3. The fourth-order valence-corrected chi connectivity index (χ4v) is 1.93. The van der Waals surface area contributed by atoms with E-state index >= 15 is 0 Å². The number of hydrogen-bond acceptors (Lipinski definition) is 6. The van der Waals surface area contributed by atoms with E-state index in [0.717, 1.165) is 35.1 Å². The second-order valence-electron chi connectivity index (χ2n) is 7.77. The molecule has 0 heterocycles. The van der Waals surface area contributed by atoms with Crippen LogP contribution >= 0.6 is 0 Å². The van der Waals surface area contributed by atoms with E-state index in [4.69, 9.17) is 17.5 Å². The van der Waals surface area contributed by atoms with Crippen molar-refractivity contribution in [2.75, 3.05) is 80.5 Å². The van der Waals surface area contributed by atoms with Gasteiger partial charge in [-0.05, 0) is 26.9 Å². The van der Waals surface area contributed by atoms with E-state index in [-0.39, 0.29) is 0 Å². The lowest BCUT2D eigenvalue weighted by molar-refractivity contribution is -0.888. The van der Waals surface area contributed by atoms with Gasteiger partial charge in [0.2, 0.25) is 0 Å². The second kappa shape index (κ2) is 17.8. The third-order valence-electron chi connectivity index (χ3n) is 4.45. The number of rotatable bonds is 12. The molecule has 0 aliphatic carbocycles. The van der Waals surface area contributed by atoms with Gasteiger partial charge in [-0.15, -0.1) is 0 Å². The SMILES string of the molecule is CCNCCC[N+](C)(C)CC.CCNCCC[N+](C)(C)CC.O=S(=O)([O-])[O-]. The zero-order chi connectivity index (χ0) is 22.0. The summed E-state index contributed by atoms with van der Waals surface area (Å²) in [6.45, 7) is 18.3. The number of quaternary nitrogens is 2. The highest BCUT2D eigenvalue weighted by Gasteiger charge is 2.10. The Morgan fingerprint density at radius 1 is 0.704 bits per heavy atom. The normalized spacial score (nSPS) is 11.9.